The van der Waals surface area contributed by atoms with E-state index in [1.165, 1.54) is 12.8 Å². The highest BCUT2D eigenvalue weighted by atomic mass is 16.5. The van der Waals surface area contributed by atoms with Crippen molar-refractivity contribution in [2.75, 3.05) is 20.8 Å². The van der Waals surface area contributed by atoms with Gasteiger partial charge in [0, 0.05) is 13.7 Å². The lowest BCUT2D eigenvalue weighted by atomic mass is 10.0. The summed E-state index contributed by atoms with van der Waals surface area (Å²) in [5, 5.41) is 7.94. The Labute approximate surface area is 115 Å². The predicted molar refractivity (Wildman–Crippen MR) is 74.4 cm³/mol. The van der Waals surface area contributed by atoms with Crippen molar-refractivity contribution < 1.29 is 9.47 Å². The van der Waals surface area contributed by atoms with E-state index in [2.05, 4.69) is 24.3 Å². The van der Waals surface area contributed by atoms with Crippen LogP contribution in [0.3, 0.4) is 0 Å². The quantitative estimate of drug-likeness (QED) is 0.782. The summed E-state index contributed by atoms with van der Waals surface area (Å²) in [5.41, 5.74) is 1.10. The Bertz CT molecular complexity index is 380. The number of aryl methyl sites for hydroxylation is 1. The fraction of sp³-hybridized carbons (Fsp3) is 0.786. The van der Waals surface area contributed by atoms with Gasteiger partial charge >= 0.3 is 0 Å². The van der Waals surface area contributed by atoms with Gasteiger partial charge in [0.15, 0.2) is 5.75 Å². The molecule has 19 heavy (non-hydrogen) atoms. The Morgan fingerprint density at radius 2 is 2.16 bits per heavy atom. The van der Waals surface area contributed by atoms with Crippen molar-refractivity contribution >= 4 is 0 Å². The smallest absolute Gasteiger partial charge is 0.161 e. The molecule has 0 radical (unpaired) electrons. The van der Waals surface area contributed by atoms with Crippen LogP contribution in [0.2, 0.25) is 0 Å². The van der Waals surface area contributed by atoms with Crippen molar-refractivity contribution in [1.29, 1.82) is 0 Å². The van der Waals surface area contributed by atoms with Crippen LogP contribution >= 0.6 is 0 Å². The number of aromatic nitrogens is 2. The van der Waals surface area contributed by atoms with Crippen LogP contribution in [0.15, 0.2) is 6.20 Å². The van der Waals surface area contributed by atoms with Gasteiger partial charge in [0.05, 0.1) is 31.1 Å². The second kappa shape index (κ2) is 6.39. The first kappa shape index (κ1) is 14.3. The fourth-order valence-corrected chi connectivity index (χ4v) is 2.71. The molecule has 1 N–H and O–H groups in total. The molecule has 1 aliphatic carbocycles. The fourth-order valence-electron chi connectivity index (χ4n) is 2.71. The van der Waals surface area contributed by atoms with Crippen molar-refractivity contribution in [3.05, 3.63) is 11.9 Å². The predicted octanol–water partition coefficient (Wildman–Crippen LogP) is 1.99. The molecule has 1 heterocycles. The number of methoxy groups -OCH3 is 2. The number of hydrogen-bond acceptors (Lipinski definition) is 4. The molecule has 1 saturated carbocycles. The summed E-state index contributed by atoms with van der Waals surface area (Å²) < 4.78 is 13.2. The minimum absolute atomic E-state index is 0.139. The zero-order valence-corrected chi connectivity index (χ0v) is 12.3. The van der Waals surface area contributed by atoms with Crippen molar-refractivity contribution in [1.82, 2.24) is 15.1 Å². The van der Waals surface area contributed by atoms with Gasteiger partial charge in [0.25, 0.3) is 0 Å². The maximum Gasteiger partial charge on any atom is 0.161 e. The Morgan fingerprint density at radius 3 is 2.63 bits per heavy atom. The van der Waals surface area contributed by atoms with Crippen LogP contribution in [-0.2, 0) is 11.3 Å². The van der Waals surface area contributed by atoms with E-state index in [0.717, 1.165) is 24.5 Å². The number of hydrogen-bond donors (Lipinski definition) is 1. The van der Waals surface area contributed by atoms with Crippen LogP contribution in [0.25, 0.3) is 0 Å². The summed E-state index contributed by atoms with van der Waals surface area (Å²) in [5.74, 6) is 1.49. The van der Waals surface area contributed by atoms with Crippen LogP contribution in [0, 0.1) is 5.92 Å². The standard InChI is InChI=1S/C14H25N3O2/c1-5-15-12(14(19-4)10-7-8-10)13-11(18-3)9-16-17(13)6-2/h9-10,12,14-15H,5-8H2,1-4H3. The molecule has 1 aromatic rings. The van der Waals surface area contributed by atoms with Gasteiger partial charge in [-0.25, -0.2) is 0 Å². The number of likely N-dealkylation sites (N-methyl/N-ethyl adjacent to an activating group) is 1. The molecule has 0 aliphatic heterocycles. The van der Waals surface area contributed by atoms with Crippen LogP contribution in [-0.4, -0.2) is 36.6 Å². The summed E-state index contributed by atoms with van der Waals surface area (Å²) in [4.78, 5) is 0. The zero-order chi connectivity index (χ0) is 13.8. The molecule has 0 amide bonds. The molecule has 2 rings (SSSR count). The number of nitrogens with zero attached hydrogens (tertiary/aromatic N) is 2. The molecule has 1 aromatic heterocycles. The summed E-state index contributed by atoms with van der Waals surface area (Å²) in [6.45, 7) is 5.95. The summed E-state index contributed by atoms with van der Waals surface area (Å²) in [6, 6.07) is 0.139. The van der Waals surface area contributed by atoms with E-state index in [9.17, 15) is 0 Å². The van der Waals surface area contributed by atoms with Crippen molar-refractivity contribution in [3.63, 3.8) is 0 Å². The molecule has 1 fully saturated rings. The highest BCUT2D eigenvalue weighted by molar-refractivity contribution is 5.30. The minimum atomic E-state index is 0.139. The van der Waals surface area contributed by atoms with E-state index >= 15 is 0 Å². The first-order valence-corrected chi connectivity index (χ1v) is 7.12. The van der Waals surface area contributed by atoms with Gasteiger partial charge in [-0.3, -0.25) is 4.68 Å². The average Bonchev–Trinajstić information content (AvgIpc) is 3.17. The highest BCUT2D eigenvalue weighted by Crippen LogP contribution is 2.41. The lowest BCUT2D eigenvalue weighted by Crippen LogP contribution is -2.36. The first-order valence-electron chi connectivity index (χ1n) is 7.12. The molecule has 5 nitrogen and oxygen atoms in total. The van der Waals surface area contributed by atoms with Crippen molar-refractivity contribution in [3.8, 4) is 5.75 Å². The van der Waals surface area contributed by atoms with Gasteiger partial charge in [-0.05, 0) is 32.2 Å². The van der Waals surface area contributed by atoms with Gasteiger partial charge in [-0.15, -0.1) is 0 Å². The third-order valence-corrected chi connectivity index (χ3v) is 3.77. The normalized spacial score (nSPS) is 18.3. The van der Waals surface area contributed by atoms with Gasteiger partial charge in [0.1, 0.15) is 0 Å². The molecule has 0 bridgehead atoms. The topological polar surface area (TPSA) is 48.3 Å². The maximum absolute atomic E-state index is 5.75. The third-order valence-electron chi connectivity index (χ3n) is 3.77. The van der Waals surface area contributed by atoms with Gasteiger partial charge in [0.2, 0.25) is 0 Å². The zero-order valence-electron chi connectivity index (χ0n) is 12.3. The minimum Gasteiger partial charge on any atom is -0.493 e. The van der Waals surface area contributed by atoms with Crippen molar-refractivity contribution in [2.45, 2.75) is 45.4 Å². The molecule has 5 heteroatoms. The highest BCUT2D eigenvalue weighted by Gasteiger charge is 2.39. The van der Waals surface area contributed by atoms with E-state index < -0.39 is 0 Å². The van der Waals surface area contributed by atoms with Crippen LogP contribution < -0.4 is 10.1 Å². The molecular weight excluding hydrogens is 242 g/mol. The van der Waals surface area contributed by atoms with E-state index in [1.54, 1.807) is 20.4 Å². The average molecular weight is 267 g/mol. The Morgan fingerprint density at radius 1 is 1.42 bits per heavy atom. The first-order chi connectivity index (χ1) is 9.26. The number of nitrogens with one attached hydrogen (secondary N) is 1. The van der Waals surface area contributed by atoms with Crippen LogP contribution in [0.4, 0.5) is 0 Å². The number of ether oxygens (including phenoxy) is 2. The summed E-state index contributed by atoms with van der Waals surface area (Å²) in [7, 11) is 3.49. The van der Waals surface area contributed by atoms with Gasteiger partial charge in [-0.1, -0.05) is 6.92 Å². The lowest BCUT2D eigenvalue weighted by molar-refractivity contribution is 0.0477. The van der Waals surface area contributed by atoms with E-state index in [4.69, 9.17) is 9.47 Å². The second-order valence-corrected chi connectivity index (χ2v) is 4.99. The molecule has 0 aromatic carbocycles. The second-order valence-electron chi connectivity index (χ2n) is 4.99. The van der Waals surface area contributed by atoms with Gasteiger partial charge in [-0.2, -0.15) is 5.10 Å². The van der Waals surface area contributed by atoms with E-state index in [1.807, 2.05) is 4.68 Å². The van der Waals surface area contributed by atoms with E-state index in [0.29, 0.717) is 5.92 Å². The largest absolute Gasteiger partial charge is 0.493 e. The molecular formula is C14H25N3O2. The van der Waals surface area contributed by atoms with E-state index in [-0.39, 0.29) is 12.1 Å². The van der Waals surface area contributed by atoms with Crippen molar-refractivity contribution in [2.24, 2.45) is 5.92 Å². The summed E-state index contributed by atoms with van der Waals surface area (Å²) >= 11 is 0. The monoisotopic (exact) mass is 267 g/mol. The third kappa shape index (κ3) is 2.92. The van der Waals surface area contributed by atoms with Gasteiger partial charge < -0.3 is 14.8 Å². The Balaban J connectivity index is 2.33. The molecule has 0 saturated heterocycles. The SMILES string of the molecule is CCNC(c1c(OC)cnn1CC)C(OC)C1CC1. The van der Waals surface area contributed by atoms with Crippen LogP contribution in [0.1, 0.15) is 38.4 Å². The Kier molecular flexibility index (Phi) is 4.82. The maximum atomic E-state index is 5.75. The number of rotatable bonds is 8. The lowest BCUT2D eigenvalue weighted by Gasteiger charge is -2.28. The Hall–Kier alpha value is -1.07. The molecule has 0 spiro atoms. The summed E-state index contributed by atoms with van der Waals surface area (Å²) in [6.07, 6.45) is 4.49. The van der Waals surface area contributed by atoms with Crippen LogP contribution in [0.5, 0.6) is 5.75 Å². The molecule has 2 atom stereocenters. The molecule has 108 valence electrons. The molecule has 1 aliphatic rings. The molecule has 2 unspecified atom stereocenters.